The largest absolute Gasteiger partial charge is 0.381 e. The second-order valence-electron chi connectivity index (χ2n) is 5.14. The van der Waals surface area contributed by atoms with Crippen LogP contribution in [0.2, 0.25) is 0 Å². The van der Waals surface area contributed by atoms with Crippen molar-refractivity contribution in [1.82, 2.24) is 4.90 Å². The van der Waals surface area contributed by atoms with E-state index >= 15 is 0 Å². The van der Waals surface area contributed by atoms with Gasteiger partial charge in [-0.2, -0.15) is 0 Å². The lowest BCUT2D eigenvalue weighted by molar-refractivity contribution is -0.0407. The van der Waals surface area contributed by atoms with E-state index in [0.29, 0.717) is 5.92 Å². The lowest BCUT2D eigenvalue weighted by Gasteiger charge is -2.54. The minimum Gasteiger partial charge on any atom is -0.381 e. The summed E-state index contributed by atoms with van der Waals surface area (Å²) in [6.45, 7) is 8.47. The Morgan fingerprint density at radius 3 is 2.36 bits per heavy atom. The van der Waals surface area contributed by atoms with Crippen LogP contribution in [0.25, 0.3) is 0 Å². The van der Waals surface area contributed by atoms with Crippen LogP contribution >= 0.6 is 0 Å². The van der Waals surface area contributed by atoms with Gasteiger partial charge >= 0.3 is 0 Å². The van der Waals surface area contributed by atoms with E-state index < -0.39 is 0 Å². The van der Waals surface area contributed by atoms with Crippen molar-refractivity contribution in [2.75, 3.05) is 26.3 Å². The molecule has 0 saturated carbocycles. The van der Waals surface area contributed by atoms with Crippen molar-refractivity contribution in [3.8, 4) is 0 Å². The van der Waals surface area contributed by atoms with Crippen molar-refractivity contribution in [3.63, 3.8) is 0 Å². The molecule has 2 N–H and O–H groups in total. The fourth-order valence-electron chi connectivity index (χ4n) is 2.38. The third-order valence-electron chi connectivity index (χ3n) is 3.85. The lowest BCUT2D eigenvalue weighted by Crippen LogP contribution is -2.72. The predicted octanol–water partition coefficient (Wildman–Crippen LogP) is 0.834. The van der Waals surface area contributed by atoms with Crippen molar-refractivity contribution in [1.29, 1.82) is 0 Å². The molecule has 0 aromatic carbocycles. The Hall–Kier alpha value is -0.120. The summed E-state index contributed by atoms with van der Waals surface area (Å²) in [5, 5.41) is 0. The van der Waals surface area contributed by atoms with E-state index in [0.717, 1.165) is 32.3 Å². The number of ether oxygens (including phenoxy) is 1. The summed E-state index contributed by atoms with van der Waals surface area (Å²) in [4.78, 5) is 2.53. The Morgan fingerprint density at radius 1 is 1.29 bits per heavy atom. The van der Waals surface area contributed by atoms with Crippen LogP contribution in [0, 0.1) is 5.92 Å². The molecule has 0 aromatic heterocycles. The molecule has 2 heterocycles. The molecule has 2 aliphatic rings. The Kier molecular flexibility index (Phi) is 2.82. The molecule has 2 fully saturated rings. The highest BCUT2D eigenvalue weighted by atomic mass is 16.5. The molecule has 82 valence electrons. The molecule has 2 rings (SSSR count). The molecule has 0 radical (unpaired) electrons. The zero-order valence-electron chi connectivity index (χ0n) is 9.33. The first kappa shape index (κ1) is 10.4. The van der Waals surface area contributed by atoms with Gasteiger partial charge in [0.15, 0.2) is 0 Å². The van der Waals surface area contributed by atoms with Crippen molar-refractivity contribution in [2.24, 2.45) is 11.7 Å². The standard InChI is InChI=1S/C11H22N2O/c1-9(2)11(12)7-13(8-11)10-3-5-14-6-4-10/h9-10H,3-8,12H2,1-2H3. The van der Waals surface area contributed by atoms with Crippen molar-refractivity contribution in [2.45, 2.75) is 38.3 Å². The number of likely N-dealkylation sites (tertiary alicyclic amines) is 1. The van der Waals surface area contributed by atoms with Gasteiger partial charge in [-0.3, -0.25) is 4.90 Å². The van der Waals surface area contributed by atoms with Gasteiger partial charge in [-0.1, -0.05) is 13.8 Å². The van der Waals surface area contributed by atoms with Gasteiger partial charge in [-0.25, -0.2) is 0 Å². The minimum atomic E-state index is 0.0817. The zero-order valence-corrected chi connectivity index (χ0v) is 9.33. The predicted molar refractivity (Wildman–Crippen MR) is 57.2 cm³/mol. The van der Waals surface area contributed by atoms with Crippen molar-refractivity contribution >= 4 is 0 Å². The highest BCUT2D eigenvalue weighted by molar-refractivity contribution is 5.04. The minimum absolute atomic E-state index is 0.0817. The third kappa shape index (κ3) is 1.81. The van der Waals surface area contributed by atoms with Crippen molar-refractivity contribution in [3.05, 3.63) is 0 Å². The summed E-state index contributed by atoms with van der Waals surface area (Å²) in [6.07, 6.45) is 2.38. The Balaban J connectivity index is 1.81. The van der Waals surface area contributed by atoms with Crippen LogP contribution in [0.4, 0.5) is 0 Å². The van der Waals surface area contributed by atoms with E-state index in [1.54, 1.807) is 0 Å². The van der Waals surface area contributed by atoms with Crippen LogP contribution in [0.1, 0.15) is 26.7 Å². The molecule has 2 aliphatic heterocycles. The SMILES string of the molecule is CC(C)C1(N)CN(C2CCOCC2)C1. The van der Waals surface area contributed by atoms with Gasteiger partial charge in [0, 0.05) is 37.9 Å². The summed E-state index contributed by atoms with van der Waals surface area (Å²) < 4.78 is 5.36. The first-order valence-corrected chi connectivity index (χ1v) is 5.72. The van der Waals surface area contributed by atoms with Gasteiger partial charge < -0.3 is 10.5 Å². The molecule has 3 heteroatoms. The second kappa shape index (κ2) is 3.80. The summed E-state index contributed by atoms with van der Waals surface area (Å²) in [7, 11) is 0. The molecule has 0 aromatic rings. The van der Waals surface area contributed by atoms with E-state index in [2.05, 4.69) is 18.7 Å². The number of rotatable bonds is 2. The van der Waals surface area contributed by atoms with Crippen LogP contribution < -0.4 is 5.73 Å². The molecule has 0 bridgehead atoms. The summed E-state index contributed by atoms with van der Waals surface area (Å²) in [5.41, 5.74) is 6.35. The third-order valence-corrected chi connectivity index (χ3v) is 3.85. The summed E-state index contributed by atoms with van der Waals surface area (Å²) in [6, 6.07) is 0.735. The van der Waals surface area contributed by atoms with Gasteiger partial charge in [0.1, 0.15) is 0 Å². The molecule has 0 amide bonds. The molecule has 0 unspecified atom stereocenters. The zero-order chi connectivity index (χ0) is 10.2. The van der Waals surface area contributed by atoms with Crippen LogP contribution in [-0.2, 0) is 4.74 Å². The fourth-order valence-corrected chi connectivity index (χ4v) is 2.38. The normalized spacial score (nSPS) is 29.1. The molecule has 0 spiro atoms. The maximum Gasteiger partial charge on any atom is 0.0480 e. The first-order chi connectivity index (χ1) is 6.62. The van der Waals surface area contributed by atoms with E-state index in [-0.39, 0.29) is 5.54 Å². The topological polar surface area (TPSA) is 38.5 Å². The second-order valence-corrected chi connectivity index (χ2v) is 5.14. The molecule has 0 atom stereocenters. The van der Waals surface area contributed by atoms with Crippen LogP contribution in [0.3, 0.4) is 0 Å². The molecular weight excluding hydrogens is 176 g/mol. The average molecular weight is 198 g/mol. The highest BCUT2D eigenvalue weighted by Crippen LogP contribution is 2.30. The molecule has 2 saturated heterocycles. The Morgan fingerprint density at radius 2 is 1.86 bits per heavy atom. The highest BCUT2D eigenvalue weighted by Gasteiger charge is 2.44. The van der Waals surface area contributed by atoms with Crippen molar-refractivity contribution < 1.29 is 4.74 Å². The number of hydrogen-bond donors (Lipinski definition) is 1. The Bertz CT molecular complexity index is 193. The summed E-state index contributed by atoms with van der Waals surface area (Å²) in [5.74, 6) is 0.596. The maximum absolute atomic E-state index is 6.27. The van der Waals surface area contributed by atoms with E-state index in [1.807, 2.05) is 0 Å². The summed E-state index contributed by atoms with van der Waals surface area (Å²) >= 11 is 0. The maximum atomic E-state index is 6.27. The van der Waals surface area contributed by atoms with Gasteiger partial charge in [0.25, 0.3) is 0 Å². The Labute approximate surface area is 86.6 Å². The molecule has 0 aliphatic carbocycles. The fraction of sp³-hybridized carbons (Fsp3) is 1.00. The van der Waals surface area contributed by atoms with E-state index in [4.69, 9.17) is 10.5 Å². The smallest absolute Gasteiger partial charge is 0.0480 e. The van der Waals surface area contributed by atoms with Crippen LogP contribution in [0.5, 0.6) is 0 Å². The van der Waals surface area contributed by atoms with Gasteiger partial charge in [-0.05, 0) is 18.8 Å². The average Bonchev–Trinajstić information content (AvgIpc) is 2.14. The van der Waals surface area contributed by atoms with Gasteiger partial charge in [-0.15, -0.1) is 0 Å². The van der Waals surface area contributed by atoms with E-state index in [9.17, 15) is 0 Å². The molecular formula is C11H22N2O. The van der Waals surface area contributed by atoms with Gasteiger partial charge in [0.05, 0.1) is 0 Å². The van der Waals surface area contributed by atoms with Gasteiger partial charge in [0.2, 0.25) is 0 Å². The lowest BCUT2D eigenvalue weighted by atomic mass is 9.79. The van der Waals surface area contributed by atoms with Crippen LogP contribution in [0.15, 0.2) is 0 Å². The van der Waals surface area contributed by atoms with E-state index in [1.165, 1.54) is 12.8 Å². The monoisotopic (exact) mass is 198 g/mol. The van der Waals surface area contributed by atoms with Crippen LogP contribution in [-0.4, -0.2) is 42.8 Å². The number of nitrogens with two attached hydrogens (primary N) is 1. The molecule has 14 heavy (non-hydrogen) atoms. The number of hydrogen-bond acceptors (Lipinski definition) is 3. The number of nitrogens with zero attached hydrogens (tertiary/aromatic N) is 1. The quantitative estimate of drug-likeness (QED) is 0.714. The first-order valence-electron chi connectivity index (χ1n) is 5.72. The molecule has 3 nitrogen and oxygen atoms in total.